The summed E-state index contributed by atoms with van der Waals surface area (Å²) in [5, 5.41) is 19.9. The molecule has 1 aliphatic rings. The van der Waals surface area contributed by atoms with E-state index in [1.165, 1.54) is 7.11 Å². The van der Waals surface area contributed by atoms with Gasteiger partial charge in [0.25, 0.3) is 0 Å². The van der Waals surface area contributed by atoms with Crippen LogP contribution in [0.15, 0.2) is 30.3 Å². The summed E-state index contributed by atoms with van der Waals surface area (Å²) in [5.74, 6) is 0. The molecule has 0 saturated carbocycles. The minimum atomic E-state index is -1.11. The molecule has 1 fully saturated rings. The molecule has 1 aromatic rings. The molecule has 0 bridgehead atoms. The second-order valence-electron chi connectivity index (χ2n) is 4.69. The average molecular weight is 268 g/mol. The Morgan fingerprint density at radius 3 is 2.47 bits per heavy atom. The largest absolute Gasteiger partial charge is 0.387 e. The van der Waals surface area contributed by atoms with Crippen molar-refractivity contribution in [1.29, 1.82) is 0 Å². The molecule has 0 unspecified atom stereocenters. The molecule has 1 aromatic carbocycles. The van der Waals surface area contributed by atoms with Crippen LogP contribution in [-0.4, -0.2) is 48.0 Å². The summed E-state index contributed by atoms with van der Waals surface area (Å²) in [4.78, 5) is 0. The van der Waals surface area contributed by atoms with Crippen LogP contribution in [0.5, 0.6) is 0 Å². The first-order valence-electron chi connectivity index (χ1n) is 6.33. The normalized spacial score (nSPS) is 35.3. The van der Waals surface area contributed by atoms with E-state index in [2.05, 4.69) is 0 Å². The Morgan fingerprint density at radius 1 is 1.16 bits per heavy atom. The van der Waals surface area contributed by atoms with Gasteiger partial charge in [-0.1, -0.05) is 30.3 Å². The van der Waals surface area contributed by atoms with Crippen molar-refractivity contribution in [2.75, 3.05) is 7.11 Å². The summed E-state index contributed by atoms with van der Waals surface area (Å²) in [6.45, 7) is 2.15. The molecule has 0 spiro atoms. The molecule has 19 heavy (non-hydrogen) atoms. The van der Waals surface area contributed by atoms with Crippen molar-refractivity contribution in [1.82, 2.24) is 0 Å². The van der Waals surface area contributed by atoms with Crippen molar-refractivity contribution in [3.05, 3.63) is 35.9 Å². The smallest absolute Gasteiger partial charge is 0.186 e. The summed E-state index contributed by atoms with van der Waals surface area (Å²) >= 11 is 0. The maximum absolute atomic E-state index is 10.1. The first kappa shape index (κ1) is 14.4. The van der Waals surface area contributed by atoms with Crippen molar-refractivity contribution < 1.29 is 24.4 Å². The van der Waals surface area contributed by atoms with Gasteiger partial charge in [-0.15, -0.1) is 0 Å². The van der Waals surface area contributed by atoms with Gasteiger partial charge in [-0.05, 0) is 12.5 Å². The lowest BCUT2D eigenvalue weighted by Gasteiger charge is -2.40. The van der Waals surface area contributed by atoms with Crippen LogP contribution in [0, 0.1) is 0 Å². The summed E-state index contributed by atoms with van der Waals surface area (Å²) < 4.78 is 16.1. The van der Waals surface area contributed by atoms with Gasteiger partial charge in [-0.3, -0.25) is 0 Å². The Labute approximate surface area is 112 Å². The zero-order valence-corrected chi connectivity index (χ0v) is 11.1. The van der Waals surface area contributed by atoms with Gasteiger partial charge in [-0.2, -0.15) is 0 Å². The number of benzene rings is 1. The van der Waals surface area contributed by atoms with Crippen LogP contribution in [0.1, 0.15) is 12.5 Å². The number of rotatable bonds is 4. The van der Waals surface area contributed by atoms with E-state index in [0.29, 0.717) is 6.61 Å². The summed E-state index contributed by atoms with van der Waals surface area (Å²) in [5.41, 5.74) is 1.00. The van der Waals surface area contributed by atoms with Crippen LogP contribution in [0.3, 0.4) is 0 Å². The van der Waals surface area contributed by atoms with Gasteiger partial charge < -0.3 is 24.4 Å². The van der Waals surface area contributed by atoms with Crippen LogP contribution in [-0.2, 0) is 20.8 Å². The van der Waals surface area contributed by atoms with Gasteiger partial charge in [0.1, 0.15) is 18.3 Å². The predicted octanol–water partition coefficient (Wildman–Crippen LogP) is 0.685. The molecule has 1 heterocycles. The standard InChI is InChI=1S/C14H20O5/c1-9-13(11(15)12(16)14(17-2)19-9)18-8-10-6-4-3-5-7-10/h3-7,9,11-16H,8H2,1-2H3/t9-,11-,12+,13-,14-/m1/s1. The van der Waals surface area contributed by atoms with E-state index in [4.69, 9.17) is 14.2 Å². The molecule has 0 aliphatic carbocycles. The number of ether oxygens (including phenoxy) is 3. The number of methoxy groups -OCH3 is 1. The van der Waals surface area contributed by atoms with Gasteiger partial charge in [-0.25, -0.2) is 0 Å². The maximum atomic E-state index is 10.1. The van der Waals surface area contributed by atoms with Gasteiger partial charge >= 0.3 is 0 Å². The SMILES string of the molecule is CO[C@@H]1O[C@H](C)[C@@H](OCc2ccccc2)[C@H](O)[C@@H]1O. The zero-order valence-electron chi connectivity index (χ0n) is 11.1. The Kier molecular flexibility index (Phi) is 4.90. The van der Waals surface area contributed by atoms with Crippen molar-refractivity contribution in [2.45, 2.75) is 44.2 Å². The molecule has 0 aromatic heterocycles. The Balaban J connectivity index is 1.96. The molecule has 5 nitrogen and oxygen atoms in total. The number of aliphatic hydroxyl groups is 2. The molecule has 1 aliphatic heterocycles. The molecule has 1 saturated heterocycles. The number of hydrogen-bond acceptors (Lipinski definition) is 5. The lowest BCUT2D eigenvalue weighted by Crippen LogP contribution is -2.57. The third-order valence-corrected chi connectivity index (χ3v) is 3.29. The fourth-order valence-corrected chi connectivity index (χ4v) is 2.20. The van der Waals surface area contributed by atoms with E-state index in [1.807, 2.05) is 30.3 Å². The fraction of sp³-hybridized carbons (Fsp3) is 0.571. The van der Waals surface area contributed by atoms with Crippen molar-refractivity contribution >= 4 is 0 Å². The van der Waals surface area contributed by atoms with Crippen LogP contribution in [0.25, 0.3) is 0 Å². The van der Waals surface area contributed by atoms with Crippen molar-refractivity contribution in [3.8, 4) is 0 Å². The van der Waals surface area contributed by atoms with Gasteiger partial charge in [0, 0.05) is 7.11 Å². The van der Waals surface area contributed by atoms with Gasteiger partial charge in [0.15, 0.2) is 6.29 Å². The third-order valence-electron chi connectivity index (χ3n) is 3.29. The first-order valence-corrected chi connectivity index (χ1v) is 6.33. The van der Waals surface area contributed by atoms with Crippen molar-refractivity contribution in [3.63, 3.8) is 0 Å². The summed E-state index contributed by atoms with van der Waals surface area (Å²) in [7, 11) is 1.43. The molecule has 2 N–H and O–H groups in total. The molecule has 0 amide bonds. The average Bonchev–Trinajstić information content (AvgIpc) is 2.44. The molecular formula is C14H20O5. The lowest BCUT2D eigenvalue weighted by molar-refractivity contribution is -0.294. The summed E-state index contributed by atoms with van der Waals surface area (Å²) in [6, 6.07) is 9.65. The van der Waals surface area contributed by atoms with E-state index in [9.17, 15) is 10.2 Å². The Bertz CT molecular complexity index is 383. The van der Waals surface area contributed by atoms with Crippen LogP contribution in [0.2, 0.25) is 0 Å². The molecule has 5 heteroatoms. The number of hydrogen-bond donors (Lipinski definition) is 2. The maximum Gasteiger partial charge on any atom is 0.186 e. The highest BCUT2D eigenvalue weighted by Gasteiger charge is 2.43. The Morgan fingerprint density at radius 2 is 1.84 bits per heavy atom. The molecule has 2 rings (SSSR count). The van der Waals surface area contributed by atoms with E-state index in [-0.39, 0.29) is 6.10 Å². The highest BCUT2D eigenvalue weighted by Crippen LogP contribution is 2.24. The summed E-state index contributed by atoms with van der Waals surface area (Å²) in [6.07, 6.45) is -3.89. The van der Waals surface area contributed by atoms with Crippen LogP contribution < -0.4 is 0 Å². The minimum absolute atomic E-state index is 0.355. The highest BCUT2D eigenvalue weighted by atomic mass is 16.7. The Hall–Kier alpha value is -0.980. The monoisotopic (exact) mass is 268 g/mol. The highest BCUT2D eigenvalue weighted by molar-refractivity contribution is 5.13. The van der Waals surface area contributed by atoms with E-state index in [1.54, 1.807) is 6.92 Å². The van der Waals surface area contributed by atoms with Crippen LogP contribution >= 0.6 is 0 Å². The zero-order chi connectivity index (χ0) is 13.8. The second-order valence-corrected chi connectivity index (χ2v) is 4.69. The first-order chi connectivity index (χ1) is 9.13. The van der Waals surface area contributed by atoms with E-state index >= 15 is 0 Å². The van der Waals surface area contributed by atoms with E-state index < -0.39 is 24.6 Å². The lowest BCUT2D eigenvalue weighted by atomic mass is 9.99. The second kappa shape index (κ2) is 6.45. The fourth-order valence-electron chi connectivity index (χ4n) is 2.20. The molecule has 5 atom stereocenters. The molecule has 0 radical (unpaired) electrons. The quantitative estimate of drug-likeness (QED) is 0.840. The van der Waals surface area contributed by atoms with Gasteiger partial charge in [0.05, 0.1) is 12.7 Å². The third kappa shape index (κ3) is 3.32. The van der Waals surface area contributed by atoms with Crippen molar-refractivity contribution in [2.24, 2.45) is 0 Å². The molecule has 106 valence electrons. The molecular weight excluding hydrogens is 248 g/mol. The van der Waals surface area contributed by atoms with Gasteiger partial charge in [0.2, 0.25) is 0 Å². The van der Waals surface area contributed by atoms with E-state index in [0.717, 1.165) is 5.56 Å². The van der Waals surface area contributed by atoms with Crippen LogP contribution in [0.4, 0.5) is 0 Å². The number of aliphatic hydroxyl groups excluding tert-OH is 2. The minimum Gasteiger partial charge on any atom is -0.387 e. The topological polar surface area (TPSA) is 68.2 Å². The predicted molar refractivity (Wildman–Crippen MR) is 68.4 cm³/mol.